The highest BCUT2D eigenvalue weighted by Gasteiger charge is 2.20. The highest BCUT2D eigenvalue weighted by Crippen LogP contribution is 2.47. The number of hydrogen-bond donors (Lipinski definition) is 0. The molecule has 10 aromatic rings. The second-order valence-corrected chi connectivity index (χ2v) is 11.4. The molecule has 0 aliphatic heterocycles. The Hall–Kier alpha value is -5.92. The fourth-order valence-corrected chi connectivity index (χ4v) is 7.15. The lowest BCUT2D eigenvalue weighted by atomic mass is 9.84. The Balaban J connectivity index is 1.48. The van der Waals surface area contributed by atoms with E-state index in [1.165, 1.54) is 0 Å². The Kier molecular flexibility index (Phi) is 3.72. The first-order chi connectivity index (χ1) is 25.7. The fraction of sp³-hybridized carbons (Fsp3) is 0. The van der Waals surface area contributed by atoms with Crippen molar-refractivity contribution in [2.45, 2.75) is 0 Å². The van der Waals surface area contributed by atoms with Crippen molar-refractivity contribution in [3.8, 4) is 22.3 Å². The number of hydrogen-bond acceptors (Lipinski definition) is 1. The summed E-state index contributed by atoms with van der Waals surface area (Å²) in [6.07, 6.45) is 0. The molecule has 10 rings (SSSR count). The van der Waals surface area contributed by atoms with Crippen LogP contribution in [-0.2, 0) is 0 Å². The smallest absolute Gasteiger partial charge is 0.136 e. The molecule has 9 aromatic carbocycles. The van der Waals surface area contributed by atoms with Crippen LogP contribution in [0.1, 0.15) is 11.0 Å². The zero-order valence-corrected chi connectivity index (χ0v) is 23.8. The molecule has 0 spiro atoms. The molecule has 208 valence electrons. The van der Waals surface area contributed by atoms with E-state index in [1.54, 1.807) is 6.07 Å². The molecule has 0 fully saturated rings. The quantitative estimate of drug-likeness (QED) is 0.147. The van der Waals surface area contributed by atoms with Crippen molar-refractivity contribution in [1.29, 1.82) is 0 Å². The highest BCUT2D eigenvalue weighted by atomic mass is 16.3. The fourth-order valence-electron chi connectivity index (χ4n) is 7.15. The van der Waals surface area contributed by atoms with Crippen LogP contribution in [0.4, 0.5) is 0 Å². The van der Waals surface area contributed by atoms with E-state index >= 15 is 0 Å². The maximum absolute atomic E-state index is 9.45. The minimum absolute atomic E-state index is 0.178. The minimum Gasteiger partial charge on any atom is -0.456 e. The lowest BCUT2D eigenvalue weighted by molar-refractivity contribution is 0.669. The Morgan fingerprint density at radius 3 is 1.67 bits per heavy atom. The molecule has 0 aliphatic carbocycles. The van der Waals surface area contributed by atoms with Crippen molar-refractivity contribution in [3.63, 3.8) is 0 Å². The van der Waals surface area contributed by atoms with Crippen LogP contribution in [0.2, 0.25) is 0 Å². The third-order valence-electron chi connectivity index (χ3n) is 9.06. The summed E-state index contributed by atoms with van der Waals surface area (Å²) in [6, 6.07) is 32.2. The van der Waals surface area contributed by atoms with E-state index in [2.05, 4.69) is 0 Å². The summed E-state index contributed by atoms with van der Waals surface area (Å²) in [6.45, 7) is 0. The van der Waals surface area contributed by atoms with Crippen LogP contribution >= 0.6 is 0 Å². The molecular weight excluding hydrogens is 544 g/mol. The van der Waals surface area contributed by atoms with Gasteiger partial charge in [-0.3, -0.25) is 0 Å². The van der Waals surface area contributed by atoms with Crippen LogP contribution in [0.15, 0.2) is 162 Å². The highest BCUT2D eigenvalue weighted by molar-refractivity contribution is 6.27. The van der Waals surface area contributed by atoms with Gasteiger partial charge in [-0.05, 0) is 94.3 Å². The summed E-state index contributed by atoms with van der Waals surface area (Å²) < 4.78 is 79.5. The zero-order chi connectivity index (χ0) is 36.4. The average Bonchev–Trinajstić information content (AvgIpc) is 3.57. The van der Waals surface area contributed by atoms with E-state index in [4.69, 9.17) is 9.90 Å². The molecule has 0 atom stereocenters. The number of fused-ring (bicyclic) bond motifs is 10. The number of benzene rings is 9. The van der Waals surface area contributed by atoms with Gasteiger partial charge in [0.05, 0.1) is 11.0 Å². The van der Waals surface area contributed by atoms with Gasteiger partial charge >= 0.3 is 0 Å². The summed E-state index contributed by atoms with van der Waals surface area (Å²) >= 11 is 0. The molecule has 0 N–H and O–H groups in total. The molecule has 0 unspecified atom stereocenters. The molecule has 1 heterocycles. The molecular formula is C44H26O. The third kappa shape index (κ3) is 3.50. The van der Waals surface area contributed by atoms with Gasteiger partial charge in [-0.15, -0.1) is 0 Å². The molecule has 0 radical (unpaired) electrons. The molecule has 1 heteroatoms. The Morgan fingerprint density at radius 1 is 0.400 bits per heavy atom. The van der Waals surface area contributed by atoms with Crippen LogP contribution in [-0.4, -0.2) is 0 Å². The predicted molar refractivity (Wildman–Crippen MR) is 192 cm³/mol. The Labute approximate surface area is 270 Å². The molecule has 45 heavy (non-hydrogen) atoms. The van der Waals surface area contributed by atoms with Crippen LogP contribution < -0.4 is 0 Å². The van der Waals surface area contributed by atoms with E-state index in [-0.39, 0.29) is 45.7 Å². The summed E-state index contributed by atoms with van der Waals surface area (Å²) in [5.74, 6) is 0. The Morgan fingerprint density at radius 2 is 0.956 bits per heavy atom. The summed E-state index contributed by atoms with van der Waals surface area (Å²) in [5.41, 5.74) is 3.09. The van der Waals surface area contributed by atoms with E-state index in [9.17, 15) is 5.48 Å². The van der Waals surface area contributed by atoms with Crippen molar-refractivity contribution in [2.24, 2.45) is 0 Å². The first kappa shape index (κ1) is 18.0. The molecule has 0 bridgehead atoms. The van der Waals surface area contributed by atoms with Crippen molar-refractivity contribution >= 4 is 75.8 Å². The van der Waals surface area contributed by atoms with Crippen molar-refractivity contribution in [1.82, 2.24) is 0 Å². The topological polar surface area (TPSA) is 13.1 Å². The van der Waals surface area contributed by atoms with Gasteiger partial charge in [-0.25, -0.2) is 0 Å². The van der Waals surface area contributed by atoms with Crippen LogP contribution in [0, 0.1) is 0 Å². The molecule has 0 saturated heterocycles. The van der Waals surface area contributed by atoms with Crippen molar-refractivity contribution in [3.05, 3.63) is 158 Å². The number of furan rings is 1. The monoisotopic (exact) mass is 578 g/mol. The second kappa shape index (κ2) is 9.29. The predicted octanol–water partition coefficient (Wildman–Crippen LogP) is 12.7. The SMILES string of the molecule is [2H]c1c([2H])c([2H])c2c(-c3cccc4ccc5ccccc5c34)c3c([2H])c([2H])c([2H])c([2H])c3c(-c3ccc4oc5ccc6ccccc6c5c4c3)c2c1[2H]. The van der Waals surface area contributed by atoms with E-state index in [0.29, 0.717) is 33.4 Å². The lowest BCUT2D eigenvalue weighted by Crippen LogP contribution is -1.92. The normalized spacial score (nSPS) is 14.5. The molecule has 1 nitrogen and oxygen atoms in total. The maximum Gasteiger partial charge on any atom is 0.136 e. The average molecular weight is 579 g/mol. The van der Waals surface area contributed by atoms with Gasteiger partial charge in [0.15, 0.2) is 0 Å². The van der Waals surface area contributed by atoms with Crippen molar-refractivity contribution in [2.75, 3.05) is 0 Å². The summed E-state index contributed by atoms with van der Waals surface area (Å²) in [4.78, 5) is 0. The van der Waals surface area contributed by atoms with E-state index in [1.807, 2.05) is 103 Å². The van der Waals surface area contributed by atoms with Gasteiger partial charge in [0.2, 0.25) is 0 Å². The standard InChI is InChI=1S/C44H26O/c1-3-13-31-27(10-1)20-21-29-12-9-19-37(41(29)31)43-35-17-7-5-15-33(35)42(34-16-6-8-18-36(34)43)30-23-24-39-38(26-30)44-32-14-4-2-11-28(32)22-25-40(44)45-39/h1-26H/i5D,6D,7D,8D,15D,16D,17D,18D. The van der Waals surface area contributed by atoms with Crippen molar-refractivity contribution < 1.29 is 15.4 Å². The first-order valence-corrected chi connectivity index (χ1v) is 14.9. The van der Waals surface area contributed by atoms with E-state index in [0.717, 1.165) is 43.1 Å². The molecule has 0 aliphatic rings. The lowest BCUT2D eigenvalue weighted by Gasteiger charge is -2.19. The zero-order valence-electron chi connectivity index (χ0n) is 31.8. The van der Waals surface area contributed by atoms with Gasteiger partial charge in [0.25, 0.3) is 0 Å². The third-order valence-corrected chi connectivity index (χ3v) is 9.06. The van der Waals surface area contributed by atoms with Crippen LogP contribution in [0.3, 0.4) is 0 Å². The molecule has 0 saturated carbocycles. The Bertz CT molecular complexity index is 3190. The van der Waals surface area contributed by atoms with Gasteiger partial charge in [0.1, 0.15) is 11.2 Å². The van der Waals surface area contributed by atoms with Crippen LogP contribution in [0.5, 0.6) is 0 Å². The molecule has 0 amide bonds. The van der Waals surface area contributed by atoms with Gasteiger partial charge in [-0.1, -0.05) is 139 Å². The van der Waals surface area contributed by atoms with Gasteiger partial charge in [0, 0.05) is 10.8 Å². The first-order valence-electron chi connectivity index (χ1n) is 18.9. The summed E-state index contributed by atoms with van der Waals surface area (Å²) in [5, 5.41) is 7.99. The summed E-state index contributed by atoms with van der Waals surface area (Å²) in [7, 11) is 0. The van der Waals surface area contributed by atoms with Crippen LogP contribution in [0.25, 0.3) is 98.1 Å². The van der Waals surface area contributed by atoms with Gasteiger partial charge in [-0.2, -0.15) is 0 Å². The second-order valence-electron chi connectivity index (χ2n) is 11.4. The largest absolute Gasteiger partial charge is 0.456 e. The minimum atomic E-state index is -0.431. The maximum atomic E-state index is 9.45. The molecule has 1 aromatic heterocycles. The number of rotatable bonds is 2. The van der Waals surface area contributed by atoms with Gasteiger partial charge < -0.3 is 4.42 Å². The van der Waals surface area contributed by atoms with E-state index < -0.39 is 24.2 Å².